The quantitative estimate of drug-likeness (QED) is 0.595. The number of hydrogen-bond acceptors (Lipinski definition) is 4. The third kappa shape index (κ3) is 2.67. The van der Waals surface area contributed by atoms with Crippen LogP contribution in [-0.4, -0.2) is 18.9 Å². The van der Waals surface area contributed by atoms with Gasteiger partial charge in [-0.05, 0) is 29.0 Å². The maximum absolute atomic E-state index is 12.2. The molecule has 3 aromatic rings. The topological polar surface area (TPSA) is 59.9 Å². The molecule has 4 rings (SSSR count). The number of nitrogens with one attached hydrogen (secondary N) is 1. The van der Waals surface area contributed by atoms with Gasteiger partial charge in [-0.15, -0.1) is 0 Å². The number of ether oxygens (including phenoxy) is 2. The molecule has 1 aliphatic heterocycles. The predicted molar refractivity (Wildman–Crippen MR) is 91.6 cm³/mol. The first-order valence-corrected chi connectivity index (χ1v) is 7.52. The van der Waals surface area contributed by atoms with Crippen LogP contribution in [0.25, 0.3) is 10.8 Å². The molecule has 5 heteroatoms. The lowest BCUT2D eigenvalue weighted by Crippen LogP contribution is -2.17. The highest BCUT2D eigenvalue weighted by Gasteiger charge is 2.15. The highest BCUT2D eigenvalue weighted by Crippen LogP contribution is 2.32. The molecule has 118 valence electrons. The average Bonchev–Trinajstić information content (AvgIpc) is 3.09. The monoisotopic (exact) mass is 318 g/mol. The van der Waals surface area contributed by atoms with Crippen molar-refractivity contribution in [1.29, 1.82) is 0 Å². The molecule has 0 aliphatic carbocycles. The minimum atomic E-state index is -0.301. The van der Waals surface area contributed by atoms with Crippen molar-refractivity contribution >= 4 is 22.9 Å². The second kappa shape index (κ2) is 6.04. The minimum Gasteiger partial charge on any atom is -0.454 e. The molecule has 5 nitrogen and oxygen atoms in total. The van der Waals surface area contributed by atoms with E-state index in [1.165, 1.54) is 0 Å². The van der Waals surface area contributed by atoms with Gasteiger partial charge in [0.15, 0.2) is 11.5 Å². The minimum absolute atomic E-state index is 0.180. The molecule has 24 heavy (non-hydrogen) atoms. The Kier molecular flexibility index (Phi) is 3.59. The van der Waals surface area contributed by atoms with E-state index in [-0.39, 0.29) is 12.7 Å². The Bertz CT molecular complexity index is 945. The molecule has 1 amide bonds. The SMILES string of the molecule is O=C(N/N=C\c1cccc2ccccc12)c1ccc2c(c1)OCO2. The summed E-state index contributed by atoms with van der Waals surface area (Å²) in [5.41, 5.74) is 3.95. The zero-order chi connectivity index (χ0) is 16.4. The van der Waals surface area contributed by atoms with E-state index in [9.17, 15) is 4.79 Å². The summed E-state index contributed by atoms with van der Waals surface area (Å²) < 4.78 is 10.5. The summed E-state index contributed by atoms with van der Waals surface area (Å²) in [5, 5.41) is 6.28. The number of fused-ring (bicyclic) bond motifs is 2. The smallest absolute Gasteiger partial charge is 0.271 e. The summed E-state index contributed by atoms with van der Waals surface area (Å²) in [4.78, 5) is 12.2. The van der Waals surface area contributed by atoms with Crippen molar-refractivity contribution in [3.63, 3.8) is 0 Å². The van der Waals surface area contributed by atoms with Crippen LogP contribution in [-0.2, 0) is 0 Å². The summed E-state index contributed by atoms with van der Waals surface area (Å²) in [5.74, 6) is 0.913. The molecule has 0 aromatic heterocycles. The largest absolute Gasteiger partial charge is 0.454 e. The lowest BCUT2D eigenvalue weighted by Gasteiger charge is -2.03. The summed E-state index contributed by atoms with van der Waals surface area (Å²) in [6.45, 7) is 0.180. The van der Waals surface area contributed by atoms with Crippen molar-refractivity contribution in [1.82, 2.24) is 5.43 Å². The van der Waals surface area contributed by atoms with Gasteiger partial charge in [0.05, 0.1) is 6.21 Å². The van der Waals surface area contributed by atoms with Crippen molar-refractivity contribution in [2.45, 2.75) is 0 Å². The third-order valence-electron chi connectivity index (χ3n) is 3.83. The molecular formula is C19H14N2O3. The first kappa shape index (κ1) is 14.3. The fraction of sp³-hybridized carbons (Fsp3) is 0.0526. The second-order valence-corrected chi connectivity index (χ2v) is 5.34. The van der Waals surface area contributed by atoms with Gasteiger partial charge in [0.2, 0.25) is 6.79 Å². The number of hydrazone groups is 1. The summed E-state index contributed by atoms with van der Waals surface area (Å²) in [6, 6.07) is 19.0. The molecule has 1 aliphatic rings. The number of rotatable bonds is 3. The van der Waals surface area contributed by atoms with Crippen LogP contribution in [0.2, 0.25) is 0 Å². The maximum atomic E-state index is 12.2. The molecule has 0 fully saturated rings. The Labute approximate surface area is 138 Å². The van der Waals surface area contributed by atoms with E-state index < -0.39 is 0 Å². The van der Waals surface area contributed by atoms with Crippen molar-refractivity contribution in [2.75, 3.05) is 6.79 Å². The van der Waals surface area contributed by atoms with E-state index in [4.69, 9.17) is 9.47 Å². The second-order valence-electron chi connectivity index (χ2n) is 5.34. The zero-order valence-electron chi connectivity index (χ0n) is 12.7. The van der Waals surface area contributed by atoms with Gasteiger partial charge in [-0.2, -0.15) is 5.10 Å². The van der Waals surface area contributed by atoms with Crippen molar-refractivity contribution < 1.29 is 14.3 Å². The molecule has 0 saturated heterocycles. The Morgan fingerprint density at radius 1 is 1.00 bits per heavy atom. The van der Waals surface area contributed by atoms with Gasteiger partial charge in [-0.25, -0.2) is 5.43 Å². The average molecular weight is 318 g/mol. The first-order valence-electron chi connectivity index (χ1n) is 7.52. The van der Waals surface area contributed by atoms with Gasteiger partial charge in [0.1, 0.15) is 0 Å². The van der Waals surface area contributed by atoms with Crippen LogP contribution < -0.4 is 14.9 Å². The van der Waals surface area contributed by atoms with E-state index in [2.05, 4.69) is 10.5 Å². The van der Waals surface area contributed by atoms with Gasteiger partial charge in [-0.1, -0.05) is 42.5 Å². The van der Waals surface area contributed by atoms with Crippen LogP contribution in [0.4, 0.5) is 0 Å². The summed E-state index contributed by atoms with van der Waals surface area (Å²) >= 11 is 0. The van der Waals surface area contributed by atoms with Crippen LogP contribution in [0.3, 0.4) is 0 Å². The Hall–Kier alpha value is -3.34. The van der Waals surface area contributed by atoms with E-state index in [1.807, 2.05) is 42.5 Å². The van der Waals surface area contributed by atoms with E-state index in [1.54, 1.807) is 24.4 Å². The van der Waals surface area contributed by atoms with Gasteiger partial charge in [-0.3, -0.25) is 4.79 Å². The predicted octanol–water partition coefficient (Wildman–Crippen LogP) is 3.33. The van der Waals surface area contributed by atoms with Crippen LogP contribution in [0, 0.1) is 0 Å². The molecule has 1 heterocycles. The Morgan fingerprint density at radius 2 is 1.83 bits per heavy atom. The zero-order valence-corrected chi connectivity index (χ0v) is 12.7. The van der Waals surface area contributed by atoms with Crippen molar-refractivity contribution in [3.8, 4) is 11.5 Å². The summed E-state index contributed by atoms with van der Waals surface area (Å²) in [7, 11) is 0. The molecule has 1 N–H and O–H groups in total. The van der Waals surface area contributed by atoms with Crippen molar-refractivity contribution in [3.05, 3.63) is 71.8 Å². The third-order valence-corrected chi connectivity index (χ3v) is 3.83. The fourth-order valence-corrected chi connectivity index (χ4v) is 2.63. The molecule has 0 unspecified atom stereocenters. The first-order chi connectivity index (χ1) is 11.8. The molecule has 0 saturated carbocycles. The van der Waals surface area contributed by atoms with E-state index in [0.29, 0.717) is 17.1 Å². The van der Waals surface area contributed by atoms with Crippen molar-refractivity contribution in [2.24, 2.45) is 5.10 Å². The number of carbonyl (C=O) groups is 1. The number of carbonyl (C=O) groups excluding carboxylic acids is 1. The molecule has 0 radical (unpaired) electrons. The molecular weight excluding hydrogens is 304 g/mol. The maximum Gasteiger partial charge on any atom is 0.271 e. The number of amides is 1. The number of nitrogens with zero attached hydrogens (tertiary/aromatic N) is 1. The Balaban J connectivity index is 1.51. The molecule has 3 aromatic carbocycles. The number of benzene rings is 3. The fourth-order valence-electron chi connectivity index (χ4n) is 2.63. The summed E-state index contributed by atoms with van der Waals surface area (Å²) in [6.07, 6.45) is 1.65. The lowest BCUT2D eigenvalue weighted by molar-refractivity contribution is 0.0954. The normalized spacial score (nSPS) is 12.7. The van der Waals surface area contributed by atoms with Gasteiger partial charge in [0, 0.05) is 11.1 Å². The van der Waals surface area contributed by atoms with Crippen LogP contribution >= 0.6 is 0 Å². The number of hydrogen-bond donors (Lipinski definition) is 1. The van der Waals surface area contributed by atoms with E-state index in [0.717, 1.165) is 16.3 Å². The van der Waals surface area contributed by atoms with Crippen LogP contribution in [0.1, 0.15) is 15.9 Å². The standard InChI is InChI=1S/C19H14N2O3/c22-19(14-8-9-17-18(10-14)24-12-23-17)21-20-11-15-6-3-5-13-4-1-2-7-16(13)15/h1-11H,12H2,(H,21,22)/b20-11-. The molecule has 0 spiro atoms. The molecule has 0 atom stereocenters. The molecule has 0 bridgehead atoms. The van der Waals surface area contributed by atoms with Crippen LogP contribution in [0.5, 0.6) is 11.5 Å². The highest BCUT2D eigenvalue weighted by molar-refractivity contribution is 6.00. The van der Waals surface area contributed by atoms with E-state index >= 15 is 0 Å². The van der Waals surface area contributed by atoms with Crippen LogP contribution in [0.15, 0.2) is 65.8 Å². The lowest BCUT2D eigenvalue weighted by atomic mass is 10.1. The van der Waals surface area contributed by atoms with Gasteiger partial charge >= 0.3 is 0 Å². The Morgan fingerprint density at radius 3 is 2.79 bits per heavy atom. The highest BCUT2D eigenvalue weighted by atomic mass is 16.7. The van der Waals surface area contributed by atoms with Gasteiger partial charge in [0.25, 0.3) is 5.91 Å². The van der Waals surface area contributed by atoms with Gasteiger partial charge < -0.3 is 9.47 Å².